The van der Waals surface area contributed by atoms with E-state index in [-0.39, 0.29) is 26.4 Å². The molecule has 2 heterocycles. The molecular formula is C26H17F6N3O4S3. The van der Waals surface area contributed by atoms with Crippen LogP contribution in [-0.2, 0) is 26.7 Å². The standard InChI is InChI=1S/C26H17F6N3O4S3/c27-25(28,29)16-6-14(7-17(9-16)26(30,31)32)15-8-19(41-13-15)10-20-23(39)35(24(40)42-20)33-11-21(36)34(12-22(37)38)18-4-2-1-3-5-18/h1-10,13,33H,11-12H2,(H,37,38). The molecule has 4 rings (SSSR count). The summed E-state index contributed by atoms with van der Waals surface area (Å²) in [4.78, 5) is 38.5. The second-order valence-electron chi connectivity index (χ2n) is 8.59. The summed E-state index contributed by atoms with van der Waals surface area (Å²) >= 11 is 7.05. The molecule has 16 heteroatoms. The van der Waals surface area contributed by atoms with E-state index >= 15 is 0 Å². The summed E-state index contributed by atoms with van der Waals surface area (Å²) in [5.74, 6) is -2.57. The number of hydrazine groups is 1. The van der Waals surface area contributed by atoms with Crippen molar-refractivity contribution in [3.05, 3.63) is 80.9 Å². The number of anilines is 1. The maximum absolute atomic E-state index is 13.3. The number of hydrogen-bond acceptors (Lipinski definition) is 7. The normalized spacial score (nSPS) is 15.0. The van der Waals surface area contributed by atoms with E-state index in [2.05, 4.69) is 5.43 Å². The number of carbonyl (C=O) groups excluding carboxylic acids is 2. The highest BCUT2D eigenvalue weighted by Crippen LogP contribution is 2.40. The molecule has 0 radical (unpaired) electrons. The number of nitrogens with zero attached hydrogens (tertiary/aromatic N) is 2. The van der Waals surface area contributed by atoms with Crippen molar-refractivity contribution in [2.45, 2.75) is 12.4 Å². The van der Waals surface area contributed by atoms with Crippen molar-refractivity contribution in [1.82, 2.24) is 10.4 Å². The first-order valence-electron chi connectivity index (χ1n) is 11.6. The highest BCUT2D eigenvalue weighted by molar-refractivity contribution is 8.26. The number of rotatable bonds is 8. The Morgan fingerprint density at radius 1 is 0.976 bits per heavy atom. The van der Waals surface area contributed by atoms with Gasteiger partial charge in [0.15, 0.2) is 4.32 Å². The van der Waals surface area contributed by atoms with Crippen LogP contribution in [0.1, 0.15) is 16.0 Å². The number of nitrogens with one attached hydrogen (secondary N) is 1. The number of alkyl halides is 6. The monoisotopic (exact) mass is 645 g/mol. The molecule has 42 heavy (non-hydrogen) atoms. The number of benzene rings is 2. The van der Waals surface area contributed by atoms with Crippen molar-refractivity contribution in [3.8, 4) is 11.1 Å². The van der Waals surface area contributed by atoms with Crippen LogP contribution in [0.15, 0.2) is 64.9 Å². The summed E-state index contributed by atoms with van der Waals surface area (Å²) in [6.45, 7) is -1.11. The maximum atomic E-state index is 13.3. The number of para-hydroxylation sites is 1. The van der Waals surface area contributed by atoms with Crippen LogP contribution in [0.25, 0.3) is 17.2 Å². The molecule has 0 bridgehead atoms. The molecule has 1 aliphatic rings. The molecule has 2 N–H and O–H groups in total. The summed E-state index contributed by atoms with van der Waals surface area (Å²) < 4.78 is 79.6. The van der Waals surface area contributed by atoms with Crippen LogP contribution in [0.2, 0.25) is 0 Å². The maximum Gasteiger partial charge on any atom is 0.416 e. The number of amides is 2. The first-order chi connectivity index (χ1) is 19.6. The van der Waals surface area contributed by atoms with Crippen LogP contribution in [0.4, 0.5) is 32.0 Å². The van der Waals surface area contributed by atoms with Gasteiger partial charge in [-0.3, -0.25) is 14.4 Å². The van der Waals surface area contributed by atoms with Crippen LogP contribution in [0, 0.1) is 0 Å². The second kappa shape index (κ2) is 12.2. The zero-order valence-electron chi connectivity index (χ0n) is 20.8. The minimum Gasteiger partial charge on any atom is -0.480 e. The Bertz CT molecular complexity index is 1540. The topological polar surface area (TPSA) is 89.9 Å². The van der Waals surface area contributed by atoms with Crippen LogP contribution < -0.4 is 10.3 Å². The Labute approximate surface area is 247 Å². The Morgan fingerprint density at radius 3 is 2.17 bits per heavy atom. The number of carbonyl (C=O) groups is 3. The molecule has 0 unspecified atom stereocenters. The van der Waals surface area contributed by atoms with Crippen molar-refractivity contribution in [1.29, 1.82) is 0 Å². The van der Waals surface area contributed by atoms with Crippen LogP contribution in [-0.4, -0.2) is 45.3 Å². The van der Waals surface area contributed by atoms with Gasteiger partial charge in [-0.1, -0.05) is 42.2 Å². The van der Waals surface area contributed by atoms with Gasteiger partial charge < -0.3 is 10.0 Å². The highest BCUT2D eigenvalue weighted by atomic mass is 32.2. The summed E-state index contributed by atoms with van der Waals surface area (Å²) in [6.07, 6.45) is -8.62. The number of carboxylic acids is 1. The van der Waals surface area contributed by atoms with Gasteiger partial charge in [0, 0.05) is 10.6 Å². The van der Waals surface area contributed by atoms with Gasteiger partial charge in [-0.15, -0.1) is 11.3 Å². The lowest BCUT2D eigenvalue weighted by Gasteiger charge is -2.23. The third-order valence-electron chi connectivity index (χ3n) is 5.66. The van der Waals surface area contributed by atoms with E-state index in [1.165, 1.54) is 17.5 Å². The summed E-state index contributed by atoms with van der Waals surface area (Å²) in [5.41, 5.74) is -0.206. The molecular weight excluding hydrogens is 628 g/mol. The Hall–Kier alpha value is -3.73. The predicted molar refractivity (Wildman–Crippen MR) is 149 cm³/mol. The minimum atomic E-state index is -5.00. The van der Waals surface area contributed by atoms with Gasteiger partial charge in [-0.2, -0.15) is 26.3 Å². The van der Waals surface area contributed by atoms with Crippen LogP contribution in [0.5, 0.6) is 0 Å². The van der Waals surface area contributed by atoms with E-state index in [0.29, 0.717) is 22.7 Å². The zero-order valence-corrected chi connectivity index (χ0v) is 23.3. The van der Waals surface area contributed by atoms with Gasteiger partial charge in [-0.05, 0) is 59.0 Å². The Kier molecular flexibility index (Phi) is 9.10. The molecule has 1 aliphatic heterocycles. The molecule has 2 aromatic carbocycles. The first-order valence-corrected chi connectivity index (χ1v) is 13.7. The van der Waals surface area contributed by atoms with E-state index in [4.69, 9.17) is 12.2 Å². The largest absolute Gasteiger partial charge is 0.480 e. The van der Waals surface area contributed by atoms with Crippen molar-refractivity contribution in [2.24, 2.45) is 0 Å². The number of hydrogen-bond donors (Lipinski definition) is 2. The van der Waals surface area contributed by atoms with E-state index in [1.54, 1.807) is 30.3 Å². The SMILES string of the molecule is O=C(O)CN(C(=O)CNN1C(=O)C(=Cc2cc(-c3cc(C(F)(F)F)cc(C(F)(F)F)c3)cs2)SC1=S)c1ccccc1. The molecule has 0 saturated carbocycles. The number of thiocarbonyl (C=S) groups is 1. The first kappa shape index (κ1) is 31.2. The van der Waals surface area contributed by atoms with Crippen molar-refractivity contribution in [2.75, 3.05) is 18.0 Å². The molecule has 3 aromatic rings. The minimum absolute atomic E-state index is 0.0213. The summed E-state index contributed by atoms with van der Waals surface area (Å²) in [6, 6.07) is 10.6. The lowest BCUT2D eigenvalue weighted by molar-refractivity contribution is -0.143. The third kappa shape index (κ3) is 7.36. The molecule has 2 amide bonds. The third-order valence-corrected chi connectivity index (χ3v) is 7.84. The Morgan fingerprint density at radius 2 is 1.60 bits per heavy atom. The molecule has 1 aromatic heterocycles. The number of thiophene rings is 1. The van der Waals surface area contributed by atoms with E-state index in [9.17, 15) is 45.8 Å². The van der Waals surface area contributed by atoms with Gasteiger partial charge in [0.05, 0.1) is 22.6 Å². The van der Waals surface area contributed by atoms with Gasteiger partial charge >= 0.3 is 18.3 Å². The summed E-state index contributed by atoms with van der Waals surface area (Å²) in [7, 11) is 0. The smallest absolute Gasteiger partial charge is 0.416 e. The van der Waals surface area contributed by atoms with Crippen molar-refractivity contribution < 1.29 is 45.8 Å². The number of aliphatic carboxylic acids is 1. The fourth-order valence-electron chi connectivity index (χ4n) is 3.74. The number of halogens is 6. The van der Waals surface area contributed by atoms with E-state index in [0.717, 1.165) is 33.0 Å². The molecule has 0 atom stereocenters. The lowest BCUT2D eigenvalue weighted by Crippen LogP contribution is -2.48. The van der Waals surface area contributed by atoms with Gasteiger partial charge in [0.2, 0.25) is 5.91 Å². The molecule has 0 spiro atoms. The number of carboxylic acid groups (broad SMARTS) is 1. The second-order valence-corrected chi connectivity index (χ2v) is 11.2. The van der Waals surface area contributed by atoms with Crippen LogP contribution in [0.3, 0.4) is 0 Å². The van der Waals surface area contributed by atoms with Crippen LogP contribution >= 0.6 is 35.3 Å². The van der Waals surface area contributed by atoms with E-state index < -0.39 is 54.4 Å². The fraction of sp³-hybridized carbons (Fsp3) is 0.154. The highest BCUT2D eigenvalue weighted by Gasteiger charge is 2.37. The molecule has 220 valence electrons. The molecule has 1 saturated heterocycles. The number of thioether (sulfide) groups is 1. The summed E-state index contributed by atoms with van der Waals surface area (Å²) in [5, 5.41) is 11.5. The predicted octanol–water partition coefficient (Wildman–Crippen LogP) is 6.28. The molecule has 0 aliphatic carbocycles. The molecule has 7 nitrogen and oxygen atoms in total. The van der Waals surface area contributed by atoms with E-state index in [1.807, 2.05) is 0 Å². The van der Waals surface area contributed by atoms with Crippen molar-refractivity contribution in [3.63, 3.8) is 0 Å². The lowest BCUT2D eigenvalue weighted by atomic mass is 10.0. The van der Waals surface area contributed by atoms with Gasteiger partial charge in [-0.25, -0.2) is 10.4 Å². The van der Waals surface area contributed by atoms with Gasteiger partial charge in [0.1, 0.15) is 6.54 Å². The quantitative estimate of drug-likeness (QED) is 0.170. The van der Waals surface area contributed by atoms with Gasteiger partial charge in [0.25, 0.3) is 5.91 Å². The zero-order chi connectivity index (χ0) is 30.8. The average Bonchev–Trinajstić information content (AvgIpc) is 3.49. The molecule has 1 fully saturated rings. The van der Waals surface area contributed by atoms with Crippen molar-refractivity contribution >= 4 is 69.2 Å². The average molecular weight is 646 g/mol. The Balaban J connectivity index is 1.51. The fourth-order valence-corrected chi connectivity index (χ4v) is 5.87.